The van der Waals surface area contributed by atoms with E-state index in [-0.39, 0.29) is 5.91 Å². The Balaban J connectivity index is 2.20. The van der Waals surface area contributed by atoms with Gasteiger partial charge >= 0.3 is 0 Å². The third-order valence-corrected chi connectivity index (χ3v) is 2.36. The van der Waals surface area contributed by atoms with Crippen LogP contribution in [-0.2, 0) is 7.05 Å². The third kappa shape index (κ3) is 2.50. The number of pyridine rings is 1. The number of amides is 1. The molecule has 5 heteroatoms. The van der Waals surface area contributed by atoms with Crippen LogP contribution in [0.25, 0.3) is 0 Å². The first-order chi connectivity index (χ1) is 8.06. The molecule has 0 saturated carbocycles. The van der Waals surface area contributed by atoms with Gasteiger partial charge in [-0.05, 0) is 26.0 Å². The minimum Gasteiger partial charge on any atom is -0.305 e. The number of carbonyl (C=O) groups is 1. The lowest BCUT2D eigenvalue weighted by Gasteiger charge is -2.04. The van der Waals surface area contributed by atoms with E-state index < -0.39 is 0 Å². The lowest BCUT2D eigenvalue weighted by Crippen LogP contribution is -2.16. The zero-order valence-electron chi connectivity index (χ0n) is 10.1. The second-order valence-corrected chi connectivity index (χ2v) is 3.91. The molecule has 0 unspecified atom stereocenters. The number of hydrogen-bond donors (Lipinski definition) is 1. The molecule has 2 rings (SSSR count). The van der Waals surface area contributed by atoms with Crippen molar-refractivity contribution in [1.29, 1.82) is 0 Å². The van der Waals surface area contributed by atoms with Gasteiger partial charge in [-0.3, -0.25) is 9.48 Å². The van der Waals surface area contributed by atoms with Crippen LogP contribution in [0.1, 0.15) is 21.9 Å². The maximum absolute atomic E-state index is 11.9. The molecule has 0 saturated heterocycles. The Bertz CT molecular complexity index is 559. The summed E-state index contributed by atoms with van der Waals surface area (Å²) in [6.45, 7) is 3.73. The van der Waals surface area contributed by atoms with E-state index in [0.717, 1.165) is 11.4 Å². The van der Waals surface area contributed by atoms with E-state index in [9.17, 15) is 4.79 Å². The highest BCUT2D eigenvalue weighted by atomic mass is 16.2. The topological polar surface area (TPSA) is 59.8 Å². The highest BCUT2D eigenvalue weighted by Crippen LogP contribution is 2.09. The van der Waals surface area contributed by atoms with Crippen molar-refractivity contribution in [2.75, 3.05) is 5.32 Å². The van der Waals surface area contributed by atoms with E-state index in [0.29, 0.717) is 11.5 Å². The minimum atomic E-state index is -0.225. The van der Waals surface area contributed by atoms with Gasteiger partial charge in [0.1, 0.15) is 11.5 Å². The molecule has 2 heterocycles. The number of anilines is 1. The number of aromatic nitrogens is 3. The number of hydrogen-bond acceptors (Lipinski definition) is 3. The zero-order valence-corrected chi connectivity index (χ0v) is 10.1. The van der Waals surface area contributed by atoms with Crippen molar-refractivity contribution >= 4 is 11.7 Å². The first-order valence-electron chi connectivity index (χ1n) is 5.32. The van der Waals surface area contributed by atoms with Crippen molar-refractivity contribution in [1.82, 2.24) is 14.8 Å². The molecule has 2 aromatic rings. The smallest absolute Gasteiger partial charge is 0.275 e. The van der Waals surface area contributed by atoms with Gasteiger partial charge < -0.3 is 5.32 Å². The Hall–Kier alpha value is -2.17. The summed E-state index contributed by atoms with van der Waals surface area (Å²) in [5.74, 6) is 0.438. The number of aryl methyl sites for hydroxylation is 3. The highest BCUT2D eigenvalue weighted by molar-refractivity contribution is 6.02. The SMILES string of the molecule is Cc1cccc(C(=O)Nc2cc(C)nn2C)n1. The van der Waals surface area contributed by atoms with Crippen molar-refractivity contribution in [2.45, 2.75) is 13.8 Å². The van der Waals surface area contributed by atoms with Crippen molar-refractivity contribution in [3.05, 3.63) is 41.3 Å². The molecule has 1 amide bonds. The molecule has 88 valence electrons. The van der Waals surface area contributed by atoms with Crippen LogP contribution in [0.2, 0.25) is 0 Å². The van der Waals surface area contributed by atoms with Gasteiger partial charge in [-0.15, -0.1) is 0 Å². The fraction of sp³-hybridized carbons (Fsp3) is 0.250. The molecule has 0 bridgehead atoms. The first-order valence-corrected chi connectivity index (χ1v) is 5.32. The molecule has 0 fully saturated rings. The minimum absolute atomic E-state index is 0.225. The second kappa shape index (κ2) is 4.37. The number of carbonyl (C=O) groups excluding carboxylic acids is 1. The van der Waals surface area contributed by atoms with Gasteiger partial charge in [-0.2, -0.15) is 5.10 Å². The Labute approximate surface area is 99.5 Å². The Morgan fingerprint density at radius 1 is 1.29 bits per heavy atom. The van der Waals surface area contributed by atoms with Gasteiger partial charge in [-0.25, -0.2) is 4.98 Å². The molecular weight excluding hydrogens is 216 g/mol. The van der Waals surface area contributed by atoms with Crippen molar-refractivity contribution in [3.63, 3.8) is 0 Å². The predicted molar refractivity (Wildman–Crippen MR) is 64.9 cm³/mol. The molecule has 0 radical (unpaired) electrons. The largest absolute Gasteiger partial charge is 0.305 e. The summed E-state index contributed by atoms with van der Waals surface area (Å²) in [6, 6.07) is 7.16. The van der Waals surface area contributed by atoms with Crippen LogP contribution >= 0.6 is 0 Å². The molecule has 17 heavy (non-hydrogen) atoms. The lowest BCUT2D eigenvalue weighted by atomic mass is 10.3. The summed E-state index contributed by atoms with van der Waals surface area (Å²) in [6.07, 6.45) is 0. The van der Waals surface area contributed by atoms with E-state index in [1.807, 2.05) is 32.0 Å². The van der Waals surface area contributed by atoms with Crippen LogP contribution in [0.3, 0.4) is 0 Å². The molecular formula is C12H14N4O. The van der Waals surface area contributed by atoms with Gasteiger partial charge in [0.05, 0.1) is 5.69 Å². The number of rotatable bonds is 2. The quantitative estimate of drug-likeness (QED) is 0.854. The fourth-order valence-corrected chi connectivity index (χ4v) is 1.58. The van der Waals surface area contributed by atoms with Crippen LogP contribution in [-0.4, -0.2) is 20.7 Å². The Kier molecular flexibility index (Phi) is 2.91. The molecule has 0 aromatic carbocycles. The molecule has 0 aliphatic heterocycles. The van der Waals surface area contributed by atoms with Crippen LogP contribution < -0.4 is 5.32 Å². The molecule has 0 spiro atoms. The molecule has 0 atom stereocenters. The van der Waals surface area contributed by atoms with Crippen LogP contribution in [0.4, 0.5) is 5.82 Å². The van der Waals surface area contributed by atoms with Gasteiger partial charge in [0, 0.05) is 18.8 Å². The fourth-order valence-electron chi connectivity index (χ4n) is 1.58. The van der Waals surface area contributed by atoms with E-state index in [2.05, 4.69) is 15.4 Å². The molecule has 0 aliphatic carbocycles. The summed E-state index contributed by atoms with van der Waals surface area (Å²) in [7, 11) is 1.78. The van der Waals surface area contributed by atoms with E-state index in [4.69, 9.17) is 0 Å². The van der Waals surface area contributed by atoms with E-state index in [1.54, 1.807) is 17.8 Å². The monoisotopic (exact) mass is 230 g/mol. The van der Waals surface area contributed by atoms with Crippen molar-refractivity contribution < 1.29 is 4.79 Å². The molecule has 5 nitrogen and oxygen atoms in total. The first kappa shape index (κ1) is 11.3. The Morgan fingerprint density at radius 3 is 2.65 bits per heavy atom. The van der Waals surface area contributed by atoms with Gasteiger partial charge in [-0.1, -0.05) is 6.07 Å². The van der Waals surface area contributed by atoms with Crippen LogP contribution in [0.15, 0.2) is 24.3 Å². The second-order valence-electron chi connectivity index (χ2n) is 3.91. The summed E-state index contributed by atoms with van der Waals surface area (Å²) >= 11 is 0. The van der Waals surface area contributed by atoms with Gasteiger partial charge in [0.25, 0.3) is 5.91 Å². The lowest BCUT2D eigenvalue weighted by molar-refractivity contribution is 0.102. The average molecular weight is 230 g/mol. The predicted octanol–water partition coefficient (Wildman–Crippen LogP) is 1.68. The summed E-state index contributed by atoms with van der Waals surface area (Å²) in [5.41, 5.74) is 2.09. The molecule has 2 aromatic heterocycles. The van der Waals surface area contributed by atoms with Crippen LogP contribution in [0.5, 0.6) is 0 Å². The number of nitrogens with one attached hydrogen (secondary N) is 1. The molecule has 0 aliphatic rings. The summed E-state index contributed by atoms with van der Waals surface area (Å²) in [4.78, 5) is 16.1. The highest BCUT2D eigenvalue weighted by Gasteiger charge is 2.10. The van der Waals surface area contributed by atoms with Gasteiger partial charge in [0.15, 0.2) is 0 Å². The number of nitrogens with zero attached hydrogens (tertiary/aromatic N) is 3. The molecule has 1 N–H and O–H groups in total. The van der Waals surface area contributed by atoms with Crippen molar-refractivity contribution in [2.24, 2.45) is 7.05 Å². The average Bonchev–Trinajstić information content (AvgIpc) is 2.57. The maximum Gasteiger partial charge on any atom is 0.275 e. The maximum atomic E-state index is 11.9. The van der Waals surface area contributed by atoms with Crippen molar-refractivity contribution in [3.8, 4) is 0 Å². The summed E-state index contributed by atoms with van der Waals surface area (Å²) in [5, 5.41) is 6.93. The van der Waals surface area contributed by atoms with Crippen LogP contribution in [0, 0.1) is 13.8 Å². The summed E-state index contributed by atoms with van der Waals surface area (Å²) < 4.78 is 1.63. The Morgan fingerprint density at radius 2 is 2.06 bits per heavy atom. The zero-order chi connectivity index (χ0) is 12.4. The normalized spacial score (nSPS) is 10.3. The van der Waals surface area contributed by atoms with Gasteiger partial charge in [0.2, 0.25) is 0 Å². The van der Waals surface area contributed by atoms with E-state index >= 15 is 0 Å². The standard InChI is InChI=1S/C12H14N4O/c1-8-5-4-6-10(13-8)12(17)14-11-7-9(2)15-16(11)3/h4-7H,1-3H3,(H,14,17). The van der Waals surface area contributed by atoms with E-state index in [1.165, 1.54) is 0 Å². The third-order valence-electron chi connectivity index (χ3n) is 2.36.